The second kappa shape index (κ2) is 6.60. The molecular formula is C16H17N3O. The first-order valence-electron chi connectivity index (χ1n) is 6.36. The van der Waals surface area contributed by atoms with Gasteiger partial charge in [-0.1, -0.05) is 24.3 Å². The third-order valence-electron chi connectivity index (χ3n) is 3.09. The van der Waals surface area contributed by atoms with Crippen molar-refractivity contribution in [1.29, 1.82) is 5.26 Å². The van der Waals surface area contributed by atoms with E-state index in [0.717, 1.165) is 22.6 Å². The lowest BCUT2D eigenvalue weighted by Gasteiger charge is -2.10. The van der Waals surface area contributed by atoms with Crippen LogP contribution < -0.4 is 15.8 Å². The van der Waals surface area contributed by atoms with Crippen molar-refractivity contribution in [3.05, 3.63) is 59.2 Å². The van der Waals surface area contributed by atoms with E-state index in [0.29, 0.717) is 18.7 Å². The molecule has 0 atom stereocenters. The van der Waals surface area contributed by atoms with Crippen molar-refractivity contribution < 1.29 is 4.74 Å². The molecule has 0 spiro atoms. The van der Waals surface area contributed by atoms with Crippen LogP contribution in [0, 0.1) is 11.3 Å². The van der Waals surface area contributed by atoms with Crippen LogP contribution in [0.15, 0.2) is 42.5 Å². The Morgan fingerprint density at radius 1 is 1.15 bits per heavy atom. The zero-order valence-electron chi connectivity index (χ0n) is 11.4. The lowest BCUT2D eigenvalue weighted by atomic mass is 10.1. The van der Waals surface area contributed by atoms with Crippen LogP contribution in [0.1, 0.15) is 16.7 Å². The van der Waals surface area contributed by atoms with E-state index in [1.165, 1.54) is 0 Å². The van der Waals surface area contributed by atoms with Crippen LogP contribution in [-0.2, 0) is 13.1 Å². The second-order valence-electron chi connectivity index (χ2n) is 4.40. The van der Waals surface area contributed by atoms with Crippen molar-refractivity contribution in [2.75, 3.05) is 12.4 Å². The first kappa shape index (κ1) is 13.9. The van der Waals surface area contributed by atoms with Gasteiger partial charge in [-0.2, -0.15) is 5.26 Å². The monoisotopic (exact) mass is 267 g/mol. The number of anilines is 1. The van der Waals surface area contributed by atoms with E-state index in [9.17, 15) is 0 Å². The number of nitrogens with two attached hydrogens (primary N) is 1. The number of benzene rings is 2. The summed E-state index contributed by atoms with van der Waals surface area (Å²) >= 11 is 0. The van der Waals surface area contributed by atoms with Crippen LogP contribution in [0.5, 0.6) is 5.75 Å². The summed E-state index contributed by atoms with van der Waals surface area (Å²) in [5, 5.41) is 12.4. The number of nitriles is 1. The number of nitrogens with one attached hydrogen (secondary N) is 1. The van der Waals surface area contributed by atoms with Gasteiger partial charge in [0.25, 0.3) is 0 Å². The van der Waals surface area contributed by atoms with E-state index in [2.05, 4.69) is 11.4 Å². The van der Waals surface area contributed by atoms with Gasteiger partial charge in [0.2, 0.25) is 0 Å². The minimum absolute atomic E-state index is 0.544. The summed E-state index contributed by atoms with van der Waals surface area (Å²) in [7, 11) is 1.61. The summed E-state index contributed by atoms with van der Waals surface area (Å²) in [6, 6.07) is 15.6. The first-order valence-corrected chi connectivity index (χ1v) is 6.36. The quantitative estimate of drug-likeness (QED) is 0.873. The summed E-state index contributed by atoms with van der Waals surface area (Å²) in [6.45, 7) is 1.19. The van der Waals surface area contributed by atoms with Gasteiger partial charge in [0.05, 0.1) is 18.4 Å². The molecule has 0 aliphatic heterocycles. The molecule has 0 aliphatic rings. The molecule has 4 nitrogen and oxygen atoms in total. The molecule has 2 aromatic rings. The third-order valence-corrected chi connectivity index (χ3v) is 3.09. The average molecular weight is 267 g/mol. The molecule has 2 rings (SSSR count). The van der Waals surface area contributed by atoms with Gasteiger partial charge in [-0.25, -0.2) is 0 Å². The van der Waals surface area contributed by atoms with Gasteiger partial charge >= 0.3 is 0 Å². The zero-order chi connectivity index (χ0) is 14.4. The fraction of sp³-hybridized carbons (Fsp3) is 0.188. The molecule has 0 heterocycles. The fourth-order valence-electron chi connectivity index (χ4n) is 1.88. The van der Waals surface area contributed by atoms with Crippen molar-refractivity contribution in [1.82, 2.24) is 0 Å². The van der Waals surface area contributed by atoms with E-state index in [1.807, 2.05) is 30.3 Å². The zero-order valence-corrected chi connectivity index (χ0v) is 11.4. The van der Waals surface area contributed by atoms with E-state index in [1.54, 1.807) is 19.2 Å². The molecule has 0 amide bonds. The molecule has 0 saturated heterocycles. The van der Waals surface area contributed by atoms with Gasteiger partial charge in [-0.05, 0) is 23.3 Å². The average Bonchev–Trinajstić information content (AvgIpc) is 2.53. The number of nitrogens with zero attached hydrogens (tertiary/aromatic N) is 1. The summed E-state index contributed by atoms with van der Waals surface area (Å²) in [5.74, 6) is 0.727. The van der Waals surface area contributed by atoms with Crippen LogP contribution in [0.2, 0.25) is 0 Å². The molecule has 102 valence electrons. The van der Waals surface area contributed by atoms with Crippen LogP contribution >= 0.6 is 0 Å². The van der Waals surface area contributed by atoms with Gasteiger partial charge in [0, 0.05) is 19.2 Å². The Kier molecular flexibility index (Phi) is 4.59. The predicted molar refractivity (Wildman–Crippen MR) is 79.4 cm³/mol. The van der Waals surface area contributed by atoms with E-state index in [-0.39, 0.29) is 0 Å². The molecule has 0 bridgehead atoms. The summed E-state index contributed by atoms with van der Waals surface area (Å²) in [6.07, 6.45) is 0. The highest BCUT2D eigenvalue weighted by Crippen LogP contribution is 2.22. The minimum Gasteiger partial charge on any atom is -0.497 e. The first-order chi connectivity index (χ1) is 9.76. The van der Waals surface area contributed by atoms with Gasteiger partial charge < -0.3 is 15.8 Å². The van der Waals surface area contributed by atoms with Crippen molar-refractivity contribution in [2.24, 2.45) is 5.73 Å². The third kappa shape index (κ3) is 3.28. The molecule has 3 N–H and O–H groups in total. The maximum atomic E-state index is 9.10. The van der Waals surface area contributed by atoms with E-state index < -0.39 is 0 Å². The van der Waals surface area contributed by atoms with Crippen LogP contribution in [0.3, 0.4) is 0 Å². The topological polar surface area (TPSA) is 71.1 Å². The minimum atomic E-state index is 0.544. The maximum Gasteiger partial charge on any atom is 0.121 e. The normalized spacial score (nSPS) is 9.85. The highest BCUT2D eigenvalue weighted by Gasteiger charge is 2.04. The van der Waals surface area contributed by atoms with Gasteiger partial charge in [-0.3, -0.25) is 0 Å². The number of ether oxygens (including phenoxy) is 1. The standard InChI is InChI=1S/C16H17N3O/c1-20-15-7-6-14(10-18)16(8-15)19-11-13-4-2-12(9-17)3-5-13/h2-8,19H,9,11,17H2,1H3. The Labute approximate surface area is 118 Å². The van der Waals surface area contributed by atoms with Gasteiger partial charge in [0.1, 0.15) is 11.8 Å². The number of hydrogen-bond acceptors (Lipinski definition) is 4. The smallest absolute Gasteiger partial charge is 0.121 e. The van der Waals surface area contributed by atoms with Gasteiger partial charge in [-0.15, -0.1) is 0 Å². The molecule has 0 radical (unpaired) electrons. The van der Waals surface area contributed by atoms with Crippen LogP contribution in [-0.4, -0.2) is 7.11 Å². The van der Waals surface area contributed by atoms with E-state index >= 15 is 0 Å². The predicted octanol–water partition coefficient (Wildman–Crippen LogP) is 2.64. The Morgan fingerprint density at radius 2 is 1.85 bits per heavy atom. The van der Waals surface area contributed by atoms with Gasteiger partial charge in [0.15, 0.2) is 0 Å². The highest BCUT2D eigenvalue weighted by molar-refractivity contribution is 5.60. The summed E-state index contributed by atoms with van der Waals surface area (Å²) < 4.78 is 5.17. The Balaban J connectivity index is 2.11. The number of methoxy groups -OCH3 is 1. The molecule has 0 aliphatic carbocycles. The Bertz CT molecular complexity index is 615. The van der Waals surface area contributed by atoms with E-state index in [4.69, 9.17) is 15.7 Å². The summed E-state index contributed by atoms with van der Waals surface area (Å²) in [4.78, 5) is 0. The number of hydrogen-bond donors (Lipinski definition) is 2. The maximum absolute atomic E-state index is 9.10. The second-order valence-corrected chi connectivity index (χ2v) is 4.40. The molecular weight excluding hydrogens is 250 g/mol. The summed E-state index contributed by atoms with van der Waals surface area (Å²) in [5.41, 5.74) is 9.18. The van der Waals surface area contributed by atoms with Crippen LogP contribution in [0.4, 0.5) is 5.69 Å². The molecule has 4 heteroatoms. The Morgan fingerprint density at radius 3 is 2.45 bits per heavy atom. The Hall–Kier alpha value is -2.51. The molecule has 0 saturated carbocycles. The lowest BCUT2D eigenvalue weighted by Crippen LogP contribution is -2.02. The van der Waals surface area contributed by atoms with Crippen molar-refractivity contribution >= 4 is 5.69 Å². The molecule has 0 fully saturated rings. The fourth-order valence-corrected chi connectivity index (χ4v) is 1.88. The van der Waals surface area contributed by atoms with Crippen molar-refractivity contribution in [2.45, 2.75) is 13.1 Å². The molecule has 0 aromatic heterocycles. The highest BCUT2D eigenvalue weighted by atomic mass is 16.5. The number of rotatable bonds is 5. The largest absolute Gasteiger partial charge is 0.497 e. The van der Waals surface area contributed by atoms with Crippen molar-refractivity contribution in [3.8, 4) is 11.8 Å². The lowest BCUT2D eigenvalue weighted by molar-refractivity contribution is 0.415. The van der Waals surface area contributed by atoms with Crippen LogP contribution in [0.25, 0.3) is 0 Å². The molecule has 20 heavy (non-hydrogen) atoms. The molecule has 0 unspecified atom stereocenters. The SMILES string of the molecule is COc1ccc(C#N)c(NCc2ccc(CN)cc2)c1. The molecule has 2 aromatic carbocycles. The van der Waals surface area contributed by atoms with Crippen molar-refractivity contribution in [3.63, 3.8) is 0 Å².